The number of carbonyl (C=O) groups is 2. The van der Waals surface area contributed by atoms with Gasteiger partial charge in [0, 0.05) is 0 Å². The molecule has 0 aliphatic carbocycles. The molecule has 1 N–H and O–H groups in total. The highest BCUT2D eigenvalue weighted by Gasteiger charge is 2.20. The Morgan fingerprint density at radius 1 is 1.10 bits per heavy atom. The fourth-order valence-corrected chi connectivity index (χ4v) is 2.13. The van der Waals surface area contributed by atoms with Gasteiger partial charge in [-0.3, -0.25) is 14.2 Å². The molecule has 0 spiro atoms. The van der Waals surface area contributed by atoms with Gasteiger partial charge in [-0.05, 0) is 31.5 Å². The van der Waals surface area contributed by atoms with Crippen molar-refractivity contribution in [2.75, 3.05) is 0 Å². The molecule has 0 radical (unpaired) electrons. The zero-order valence-electron chi connectivity index (χ0n) is 11.7. The lowest BCUT2D eigenvalue weighted by molar-refractivity contribution is -0.119. The smallest absolute Gasteiger partial charge is 0.341 e. The van der Waals surface area contributed by atoms with E-state index in [0.29, 0.717) is 5.69 Å². The summed E-state index contributed by atoms with van der Waals surface area (Å²) < 4.78 is 1.24. The van der Waals surface area contributed by atoms with Crippen molar-refractivity contribution in [1.29, 1.82) is 0 Å². The highest BCUT2D eigenvalue weighted by atomic mass is 16.4. The quantitative estimate of drug-likeness (QED) is 0.935. The zero-order chi connectivity index (χ0) is 15.6. The number of carboxylic acid groups (broad SMARTS) is 1. The van der Waals surface area contributed by atoms with Crippen molar-refractivity contribution < 1.29 is 14.7 Å². The average molecular weight is 285 g/mol. The summed E-state index contributed by atoms with van der Waals surface area (Å²) in [6.07, 6.45) is 0. The number of rotatable bonds is 4. The van der Waals surface area contributed by atoms with Gasteiger partial charge in [-0.25, -0.2) is 4.79 Å². The number of ketones is 1. The molecule has 1 heterocycles. The molecule has 0 saturated heterocycles. The summed E-state index contributed by atoms with van der Waals surface area (Å²) in [5.74, 6) is -1.51. The Hall–Kier alpha value is -2.69. The van der Waals surface area contributed by atoms with Gasteiger partial charge in [0.15, 0.2) is 5.78 Å². The van der Waals surface area contributed by atoms with Gasteiger partial charge in [0.2, 0.25) is 0 Å². The Balaban J connectivity index is 2.78. The molecule has 2 aromatic rings. The van der Waals surface area contributed by atoms with Gasteiger partial charge in [0.1, 0.15) is 5.56 Å². The number of carboxylic acids is 1. The molecule has 1 atom stereocenters. The minimum Gasteiger partial charge on any atom is -0.477 e. The first-order valence-electron chi connectivity index (χ1n) is 6.48. The van der Waals surface area contributed by atoms with Crippen molar-refractivity contribution in [3.05, 3.63) is 58.4 Å². The summed E-state index contributed by atoms with van der Waals surface area (Å²) in [6.45, 7) is 2.96. The molecule has 1 unspecified atom stereocenters. The second-order valence-corrected chi connectivity index (χ2v) is 4.77. The minimum absolute atomic E-state index is 0.211. The number of aromatic carboxylic acids is 1. The summed E-state index contributed by atoms with van der Waals surface area (Å²) in [6, 6.07) is 11.2. The minimum atomic E-state index is -1.30. The van der Waals surface area contributed by atoms with E-state index < -0.39 is 17.6 Å². The first-order chi connectivity index (χ1) is 9.93. The van der Waals surface area contributed by atoms with Crippen LogP contribution in [0, 0.1) is 0 Å². The Labute approximate surface area is 121 Å². The SMILES string of the molecule is CC(=O)C(C)n1c(-c2ccccc2)ccc(C(=O)O)c1=O. The fourth-order valence-electron chi connectivity index (χ4n) is 2.13. The predicted octanol–water partition coefficient (Wildman–Crippen LogP) is 2.36. The number of carbonyl (C=O) groups excluding carboxylic acids is 1. The van der Waals surface area contributed by atoms with Crippen molar-refractivity contribution in [2.24, 2.45) is 0 Å². The van der Waals surface area contributed by atoms with E-state index in [-0.39, 0.29) is 11.3 Å². The maximum Gasteiger partial charge on any atom is 0.341 e. The van der Waals surface area contributed by atoms with Crippen molar-refractivity contribution in [2.45, 2.75) is 19.9 Å². The maximum atomic E-state index is 12.4. The number of aromatic nitrogens is 1. The van der Waals surface area contributed by atoms with Crippen LogP contribution in [-0.4, -0.2) is 21.4 Å². The Bertz CT molecular complexity index is 747. The first-order valence-corrected chi connectivity index (χ1v) is 6.48. The highest BCUT2D eigenvalue weighted by molar-refractivity contribution is 5.88. The van der Waals surface area contributed by atoms with E-state index in [2.05, 4.69) is 0 Å². The third-order valence-electron chi connectivity index (χ3n) is 3.39. The van der Waals surface area contributed by atoms with Crippen molar-refractivity contribution in [3.8, 4) is 11.3 Å². The van der Waals surface area contributed by atoms with E-state index in [1.807, 2.05) is 18.2 Å². The lowest BCUT2D eigenvalue weighted by atomic mass is 10.1. The largest absolute Gasteiger partial charge is 0.477 e. The molecular formula is C16H15NO4. The van der Waals surface area contributed by atoms with Gasteiger partial charge in [0.25, 0.3) is 5.56 Å². The summed E-state index contributed by atoms with van der Waals surface area (Å²) in [7, 11) is 0. The lowest BCUT2D eigenvalue weighted by Crippen LogP contribution is -2.32. The summed E-state index contributed by atoms with van der Waals surface area (Å²) >= 11 is 0. The Morgan fingerprint density at radius 3 is 2.24 bits per heavy atom. The van der Waals surface area contributed by atoms with E-state index in [4.69, 9.17) is 5.11 Å². The second kappa shape index (κ2) is 5.75. The fraction of sp³-hybridized carbons (Fsp3) is 0.188. The Kier molecular flexibility index (Phi) is 4.03. The molecule has 0 aliphatic heterocycles. The summed E-state index contributed by atoms with van der Waals surface area (Å²) in [5, 5.41) is 9.07. The van der Waals surface area contributed by atoms with Crippen LogP contribution in [0.1, 0.15) is 30.2 Å². The van der Waals surface area contributed by atoms with Crippen molar-refractivity contribution in [1.82, 2.24) is 4.57 Å². The van der Waals surface area contributed by atoms with E-state index in [0.717, 1.165) is 5.56 Å². The van der Waals surface area contributed by atoms with Gasteiger partial charge >= 0.3 is 5.97 Å². The molecule has 108 valence electrons. The van der Waals surface area contributed by atoms with E-state index in [1.54, 1.807) is 25.1 Å². The third-order valence-corrected chi connectivity index (χ3v) is 3.39. The third kappa shape index (κ3) is 2.76. The maximum absolute atomic E-state index is 12.4. The summed E-state index contributed by atoms with van der Waals surface area (Å²) in [4.78, 5) is 35.2. The number of hydrogen-bond acceptors (Lipinski definition) is 3. The lowest BCUT2D eigenvalue weighted by Gasteiger charge is -2.18. The number of benzene rings is 1. The van der Waals surface area contributed by atoms with Gasteiger partial charge < -0.3 is 5.11 Å². The molecule has 1 aromatic carbocycles. The molecule has 21 heavy (non-hydrogen) atoms. The molecule has 0 fully saturated rings. The topological polar surface area (TPSA) is 76.4 Å². The summed E-state index contributed by atoms with van der Waals surface area (Å²) in [5.41, 5.74) is 0.252. The number of nitrogens with zero attached hydrogens (tertiary/aromatic N) is 1. The monoisotopic (exact) mass is 285 g/mol. The first kappa shape index (κ1) is 14.7. The number of pyridine rings is 1. The van der Waals surface area contributed by atoms with Crippen LogP contribution in [0.2, 0.25) is 0 Å². The van der Waals surface area contributed by atoms with Crippen LogP contribution in [0.3, 0.4) is 0 Å². The normalized spacial score (nSPS) is 11.9. The molecule has 0 aliphatic rings. The van der Waals surface area contributed by atoms with Crippen LogP contribution in [0.5, 0.6) is 0 Å². The molecule has 5 nitrogen and oxygen atoms in total. The van der Waals surface area contributed by atoms with E-state index in [1.165, 1.54) is 17.6 Å². The van der Waals surface area contributed by atoms with E-state index >= 15 is 0 Å². The van der Waals surface area contributed by atoms with Gasteiger partial charge in [-0.15, -0.1) is 0 Å². The van der Waals surface area contributed by atoms with E-state index in [9.17, 15) is 14.4 Å². The molecule has 2 rings (SSSR count). The van der Waals surface area contributed by atoms with Crippen LogP contribution in [-0.2, 0) is 4.79 Å². The molecule has 0 amide bonds. The Morgan fingerprint density at radius 2 is 1.71 bits per heavy atom. The van der Waals surface area contributed by atoms with Crippen LogP contribution in [0.4, 0.5) is 0 Å². The number of Topliss-reactive ketones (excluding diaryl/α,β-unsaturated/α-hetero) is 1. The zero-order valence-corrected chi connectivity index (χ0v) is 11.7. The average Bonchev–Trinajstić information content (AvgIpc) is 2.46. The predicted molar refractivity (Wildman–Crippen MR) is 78.5 cm³/mol. The van der Waals surface area contributed by atoms with Gasteiger partial charge in [-0.1, -0.05) is 30.3 Å². The molecule has 0 bridgehead atoms. The molecule has 0 saturated carbocycles. The molecule has 5 heteroatoms. The van der Waals surface area contributed by atoms with Crippen molar-refractivity contribution >= 4 is 11.8 Å². The van der Waals surface area contributed by atoms with Crippen LogP contribution >= 0.6 is 0 Å². The molecular weight excluding hydrogens is 270 g/mol. The molecule has 1 aromatic heterocycles. The van der Waals surface area contributed by atoms with Gasteiger partial charge in [-0.2, -0.15) is 0 Å². The van der Waals surface area contributed by atoms with Gasteiger partial charge in [0.05, 0.1) is 11.7 Å². The van der Waals surface area contributed by atoms with Crippen LogP contribution < -0.4 is 5.56 Å². The highest BCUT2D eigenvalue weighted by Crippen LogP contribution is 2.21. The second-order valence-electron chi connectivity index (χ2n) is 4.77. The van der Waals surface area contributed by atoms with Crippen molar-refractivity contribution in [3.63, 3.8) is 0 Å². The number of hydrogen-bond donors (Lipinski definition) is 1. The van der Waals surface area contributed by atoms with Crippen LogP contribution in [0.25, 0.3) is 11.3 Å². The van der Waals surface area contributed by atoms with Crippen LogP contribution in [0.15, 0.2) is 47.3 Å². The standard InChI is InChI=1S/C16H15NO4/c1-10(11(2)18)17-14(12-6-4-3-5-7-12)9-8-13(15(17)19)16(20)21/h3-10H,1-2H3,(H,20,21).